The number of nitrogens with one attached hydrogen (secondary N) is 1. The number of benzene rings is 1. The number of anilines is 1. The average molecular weight is 233 g/mol. The quantitative estimate of drug-likeness (QED) is 0.817. The zero-order valence-corrected chi connectivity index (χ0v) is 11.2. The minimum absolute atomic E-state index is 0.292. The first-order valence-electron chi connectivity index (χ1n) is 5.91. The van der Waals surface area contributed by atoms with E-state index in [1.807, 2.05) is 19.2 Å². The molecule has 3 heteroatoms. The van der Waals surface area contributed by atoms with Crippen molar-refractivity contribution in [3.05, 3.63) is 35.4 Å². The molecule has 0 heterocycles. The number of nitrogens with zero attached hydrogens (tertiary/aromatic N) is 1. The van der Waals surface area contributed by atoms with Gasteiger partial charge in [-0.15, -0.1) is 0 Å². The van der Waals surface area contributed by atoms with Crippen LogP contribution in [-0.2, 0) is 0 Å². The zero-order valence-electron chi connectivity index (χ0n) is 11.2. The first-order valence-corrected chi connectivity index (χ1v) is 5.91. The molecular formula is C14H23N3. The molecule has 1 aromatic rings. The van der Waals surface area contributed by atoms with E-state index in [-0.39, 0.29) is 0 Å². The Morgan fingerprint density at radius 2 is 2.06 bits per heavy atom. The number of hydrogen-bond acceptors (Lipinski definition) is 3. The number of para-hydroxylation sites is 1. The molecule has 1 unspecified atom stereocenters. The van der Waals surface area contributed by atoms with E-state index in [0.29, 0.717) is 12.6 Å². The Bertz CT molecular complexity index is 383. The average Bonchev–Trinajstić information content (AvgIpc) is 2.30. The summed E-state index contributed by atoms with van der Waals surface area (Å²) in [5, 5.41) is 3.20. The minimum Gasteiger partial charge on any atom is -0.388 e. The molecule has 0 fully saturated rings. The second-order valence-electron chi connectivity index (χ2n) is 4.44. The summed E-state index contributed by atoms with van der Waals surface area (Å²) in [4.78, 5) is 2.15. The molecule has 0 saturated heterocycles. The van der Waals surface area contributed by atoms with E-state index < -0.39 is 0 Å². The van der Waals surface area contributed by atoms with Crippen molar-refractivity contribution in [2.45, 2.75) is 13.0 Å². The highest BCUT2D eigenvalue weighted by Crippen LogP contribution is 2.19. The molecule has 0 aliphatic carbocycles. The molecule has 0 radical (unpaired) electrons. The lowest BCUT2D eigenvalue weighted by Crippen LogP contribution is -2.35. The van der Waals surface area contributed by atoms with Crippen molar-refractivity contribution in [1.29, 1.82) is 0 Å². The van der Waals surface area contributed by atoms with E-state index in [4.69, 9.17) is 5.73 Å². The molecule has 0 saturated carbocycles. The summed E-state index contributed by atoms with van der Waals surface area (Å²) in [7, 11) is 6.05. The number of hydrogen-bond donors (Lipinski definition) is 2. The fourth-order valence-electron chi connectivity index (χ4n) is 2.00. The van der Waals surface area contributed by atoms with Crippen LogP contribution in [-0.4, -0.2) is 38.6 Å². The lowest BCUT2D eigenvalue weighted by atomic mass is 10.0. The topological polar surface area (TPSA) is 41.3 Å². The van der Waals surface area contributed by atoms with Crippen LogP contribution in [0.5, 0.6) is 0 Å². The van der Waals surface area contributed by atoms with Crippen molar-refractivity contribution >= 4 is 11.8 Å². The predicted molar refractivity (Wildman–Crippen MR) is 76.2 cm³/mol. The zero-order chi connectivity index (χ0) is 12.8. The Morgan fingerprint density at radius 1 is 1.41 bits per heavy atom. The van der Waals surface area contributed by atoms with E-state index >= 15 is 0 Å². The summed E-state index contributed by atoms with van der Waals surface area (Å²) >= 11 is 0. The third-order valence-corrected chi connectivity index (χ3v) is 2.99. The summed E-state index contributed by atoms with van der Waals surface area (Å²) < 4.78 is 0. The van der Waals surface area contributed by atoms with Gasteiger partial charge in [-0.1, -0.05) is 29.8 Å². The highest BCUT2D eigenvalue weighted by Gasteiger charge is 2.11. The summed E-state index contributed by atoms with van der Waals surface area (Å²) in [6.45, 7) is 2.76. The summed E-state index contributed by atoms with van der Waals surface area (Å²) in [6, 6.07) is 8.56. The predicted octanol–water partition coefficient (Wildman–Crippen LogP) is 2.02. The molecule has 0 spiro atoms. The van der Waals surface area contributed by atoms with Gasteiger partial charge >= 0.3 is 0 Å². The third-order valence-electron chi connectivity index (χ3n) is 2.99. The Balaban J connectivity index is 3.00. The lowest BCUT2D eigenvalue weighted by molar-refractivity contribution is 0.337. The van der Waals surface area contributed by atoms with Crippen LogP contribution in [0.3, 0.4) is 0 Å². The second kappa shape index (κ2) is 6.42. The van der Waals surface area contributed by atoms with Crippen molar-refractivity contribution in [2.24, 2.45) is 5.73 Å². The van der Waals surface area contributed by atoms with Crippen LogP contribution >= 0.6 is 0 Å². The Kier molecular flexibility index (Phi) is 5.19. The Hall–Kier alpha value is -1.32. The van der Waals surface area contributed by atoms with Crippen LogP contribution in [0.15, 0.2) is 29.8 Å². The maximum atomic E-state index is 5.80. The first kappa shape index (κ1) is 13.7. The molecule has 1 atom stereocenters. The molecule has 94 valence electrons. The molecule has 0 aromatic heterocycles. The smallest absolute Gasteiger partial charge is 0.0424 e. The van der Waals surface area contributed by atoms with Crippen LogP contribution in [0.2, 0.25) is 0 Å². The summed E-state index contributed by atoms with van der Waals surface area (Å²) in [5.41, 5.74) is 9.42. The summed E-state index contributed by atoms with van der Waals surface area (Å²) in [5.74, 6) is 0. The molecule has 17 heavy (non-hydrogen) atoms. The minimum atomic E-state index is 0.292. The van der Waals surface area contributed by atoms with Crippen molar-refractivity contribution in [2.75, 3.05) is 33.0 Å². The molecule has 1 aromatic carbocycles. The van der Waals surface area contributed by atoms with Crippen molar-refractivity contribution in [1.82, 2.24) is 4.90 Å². The van der Waals surface area contributed by atoms with Gasteiger partial charge in [0.25, 0.3) is 0 Å². The normalized spacial score (nSPS) is 13.9. The van der Waals surface area contributed by atoms with Gasteiger partial charge in [-0.05, 0) is 32.6 Å². The summed E-state index contributed by atoms with van der Waals surface area (Å²) in [6.07, 6.45) is 2.20. The molecule has 0 aliphatic rings. The van der Waals surface area contributed by atoms with Crippen LogP contribution in [0, 0.1) is 0 Å². The molecule has 0 bridgehead atoms. The third kappa shape index (κ3) is 3.58. The lowest BCUT2D eigenvalue weighted by Gasteiger charge is -2.23. The van der Waals surface area contributed by atoms with Gasteiger partial charge in [0.05, 0.1) is 0 Å². The Morgan fingerprint density at radius 3 is 2.59 bits per heavy atom. The molecule has 0 aliphatic heterocycles. The van der Waals surface area contributed by atoms with Crippen LogP contribution in [0.4, 0.5) is 5.69 Å². The maximum Gasteiger partial charge on any atom is 0.0424 e. The van der Waals surface area contributed by atoms with Gasteiger partial charge < -0.3 is 16.0 Å². The largest absolute Gasteiger partial charge is 0.388 e. The van der Waals surface area contributed by atoms with E-state index in [0.717, 1.165) is 5.69 Å². The van der Waals surface area contributed by atoms with Gasteiger partial charge in [0.2, 0.25) is 0 Å². The molecule has 0 amide bonds. The molecular weight excluding hydrogens is 210 g/mol. The van der Waals surface area contributed by atoms with Gasteiger partial charge in [-0.3, -0.25) is 0 Å². The van der Waals surface area contributed by atoms with E-state index in [1.165, 1.54) is 11.1 Å². The standard InChI is InChI=1S/C14H23N3/c1-11(14(10-15)17(3)4)9-12-7-5-6-8-13(12)16-2/h5-9,14,16H,10,15H2,1-4H3/b11-9+. The Labute approximate surface area is 104 Å². The van der Waals surface area contributed by atoms with Gasteiger partial charge in [0, 0.05) is 25.3 Å². The van der Waals surface area contributed by atoms with Gasteiger partial charge in [-0.25, -0.2) is 0 Å². The van der Waals surface area contributed by atoms with Crippen LogP contribution in [0.25, 0.3) is 6.08 Å². The maximum absolute atomic E-state index is 5.80. The molecule has 3 nitrogen and oxygen atoms in total. The van der Waals surface area contributed by atoms with Gasteiger partial charge in [0.1, 0.15) is 0 Å². The fourth-order valence-corrected chi connectivity index (χ4v) is 2.00. The van der Waals surface area contributed by atoms with Crippen molar-refractivity contribution in [3.8, 4) is 0 Å². The SMILES string of the molecule is CNc1ccccc1/C=C(\C)C(CN)N(C)C. The van der Waals surface area contributed by atoms with Gasteiger partial charge in [0.15, 0.2) is 0 Å². The van der Waals surface area contributed by atoms with Gasteiger partial charge in [-0.2, -0.15) is 0 Å². The van der Waals surface area contributed by atoms with Crippen molar-refractivity contribution in [3.63, 3.8) is 0 Å². The monoisotopic (exact) mass is 233 g/mol. The highest BCUT2D eigenvalue weighted by molar-refractivity contribution is 5.68. The molecule has 1 rings (SSSR count). The fraction of sp³-hybridized carbons (Fsp3) is 0.429. The first-order chi connectivity index (χ1) is 8.10. The number of nitrogens with two attached hydrogens (primary N) is 1. The number of likely N-dealkylation sites (N-methyl/N-ethyl adjacent to an activating group) is 1. The molecule has 3 N–H and O–H groups in total. The van der Waals surface area contributed by atoms with Crippen molar-refractivity contribution < 1.29 is 0 Å². The van der Waals surface area contributed by atoms with E-state index in [9.17, 15) is 0 Å². The van der Waals surface area contributed by atoms with Crippen LogP contribution in [0.1, 0.15) is 12.5 Å². The van der Waals surface area contributed by atoms with E-state index in [2.05, 4.69) is 49.4 Å². The van der Waals surface area contributed by atoms with E-state index in [1.54, 1.807) is 0 Å². The highest BCUT2D eigenvalue weighted by atomic mass is 15.1. The number of rotatable bonds is 5. The van der Waals surface area contributed by atoms with Crippen LogP contribution < -0.4 is 11.1 Å². The second-order valence-corrected chi connectivity index (χ2v) is 4.44.